The van der Waals surface area contributed by atoms with Gasteiger partial charge in [-0.1, -0.05) is 6.07 Å². The van der Waals surface area contributed by atoms with Crippen molar-refractivity contribution in [1.29, 1.82) is 0 Å². The van der Waals surface area contributed by atoms with Gasteiger partial charge in [-0.15, -0.1) is 0 Å². The summed E-state index contributed by atoms with van der Waals surface area (Å²) >= 11 is 0. The number of piperidine rings is 1. The van der Waals surface area contributed by atoms with Gasteiger partial charge in [0.25, 0.3) is 0 Å². The Bertz CT molecular complexity index is 1000. The van der Waals surface area contributed by atoms with Crippen LogP contribution in [0.25, 0.3) is 0 Å². The highest BCUT2D eigenvalue weighted by Crippen LogP contribution is 2.33. The molecule has 150 valence electrons. The number of benzene rings is 2. The van der Waals surface area contributed by atoms with Gasteiger partial charge in [0.15, 0.2) is 0 Å². The number of nitrogens with zero attached hydrogens (tertiary/aromatic N) is 2. The molecule has 2 aliphatic rings. The minimum absolute atomic E-state index is 0.119. The summed E-state index contributed by atoms with van der Waals surface area (Å²) < 4.78 is 13.4. The van der Waals surface area contributed by atoms with Crippen molar-refractivity contribution in [3.05, 3.63) is 53.3 Å². The van der Waals surface area contributed by atoms with E-state index < -0.39 is 5.92 Å². The van der Waals surface area contributed by atoms with Crippen molar-refractivity contribution in [2.45, 2.75) is 25.7 Å². The maximum absolute atomic E-state index is 13.4. The number of carbonyl (C=O) groups is 2. The van der Waals surface area contributed by atoms with E-state index >= 15 is 0 Å². The largest absolute Gasteiger partial charge is 0.371 e. The first-order valence-corrected chi connectivity index (χ1v) is 9.72. The molecule has 0 bridgehead atoms. The topological polar surface area (TPSA) is 87.8 Å². The van der Waals surface area contributed by atoms with Crippen LogP contribution in [0.4, 0.5) is 21.5 Å². The smallest absolute Gasteiger partial charge is 0.237 e. The van der Waals surface area contributed by atoms with Crippen LogP contribution in [0, 0.1) is 18.7 Å². The predicted molar refractivity (Wildman–Crippen MR) is 111 cm³/mol. The Morgan fingerprint density at radius 3 is 2.90 bits per heavy atom. The molecule has 0 spiro atoms. The monoisotopic (exact) mass is 394 g/mol. The zero-order chi connectivity index (χ0) is 20.5. The van der Waals surface area contributed by atoms with Crippen LogP contribution >= 0.6 is 0 Å². The zero-order valence-electron chi connectivity index (χ0n) is 16.2. The zero-order valence-corrected chi connectivity index (χ0v) is 16.2. The molecule has 2 aromatic rings. The molecule has 0 aromatic heterocycles. The van der Waals surface area contributed by atoms with Gasteiger partial charge in [0.1, 0.15) is 11.7 Å². The number of nitrogens with one attached hydrogen (secondary N) is 1. The summed E-state index contributed by atoms with van der Waals surface area (Å²) in [6.07, 6.45) is 3.36. The number of hydrogen-bond donors (Lipinski definition) is 2. The molecule has 7 heteroatoms. The van der Waals surface area contributed by atoms with Crippen LogP contribution in [0.2, 0.25) is 0 Å². The first-order valence-electron chi connectivity index (χ1n) is 9.72. The summed E-state index contributed by atoms with van der Waals surface area (Å²) in [6, 6.07) is 10.1. The van der Waals surface area contributed by atoms with Crippen molar-refractivity contribution in [2.75, 3.05) is 23.3 Å². The summed E-state index contributed by atoms with van der Waals surface area (Å²) in [5.41, 5.74) is 9.54. The molecule has 2 amide bonds. The average molecular weight is 394 g/mol. The molecule has 2 atom stereocenters. The van der Waals surface area contributed by atoms with Crippen LogP contribution < -0.4 is 16.0 Å². The van der Waals surface area contributed by atoms with Crippen LogP contribution in [0.5, 0.6) is 0 Å². The van der Waals surface area contributed by atoms with E-state index in [1.54, 1.807) is 12.3 Å². The summed E-state index contributed by atoms with van der Waals surface area (Å²) in [4.78, 5) is 30.4. The lowest BCUT2D eigenvalue weighted by atomic mass is 9.96. The van der Waals surface area contributed by atoms with Crippen molar-refractivity contribution in [1.82, 2.24) is 0 Å². The Labute approximate surface area is 168 Å². The number of amides is 2. The molecule has 1 saturated heterocycles. The third-order valence-corrected chi connectivity index (χ3v) is 5.61. The van der Waals surface area contributed by atoms with Gasteiger partial charge in [-0.05, 0) is 61.2 Å². The van der Waals surface area contributed by atoms with E-state index in [1.165, 1.54) is 12.1 Å². The van der Waals surface area contributed by atoms with Crippen molar-refractivity contribution in [2.24, 2.45) is 16.6 Å². The first-order chi connectivity index (χ1) is 13.9. The molecule has 29 heavy (non-hydrogen) atoms. The number of nitrogens with two attached hydrogens (primary N) is 1. The summed E-state index contributed by atoms with van der Waals surface area (Å²) in [7, 11) is 0. The predicted octanol–water partition coefficient (Wildman–Crippen LogP) is 3.27. The fourth-order valence-corrected chi connectivity index (χ4v) is 4.07. The summed E-state index contributed by atoms with van der Waals surface area (Å²) in [5.74, 6) is -1.50. The Morgan fingerprint density at radius 1 is 1.31 bits per heavy atom. The van der Waals surface area contributed by atoms with E-state index in [9.17, 15) is 14.0 Å². The standard InChI is InChI=1S/C22H23FN4O2/c1-13-9-16(5-7-20(13)27-8-2-3-14(12-27)21(24)28)25-11-18-17-6-4-15(23)10-19(17)26-22(18)29/h4-7,9-11,14,18H,2-3,8,12H2,1H3,(H2,24,28)(H,26,29). The highest BCUT2D eigenvalue weighted by Gasteiger charge is 2.29. The maximum Gasteiger partial charge on any atom is 0.237 e. The number of fused-ring (bicyclic) bond motifs is 1. The molecule has 2 aliphatic heterocycles. The number of hydrogen-bond acceptors (Lipinski definition) is 4. The van der Waals surface area contributed by atoms with Crippen LogP contribution in [0.15, 0.2) is 41.4 Å². The third-order valence-electron chi connectivity index (χ3n) is 5.61. The van der Waals surface area contributed by atoms with E-state index in [0.29, 0.717) is 12.2 Å². The minimum Gasteiger partial charge on any atom is -0.371 e. The molecule has 0 radical (unpaired) electrons. The number of carbonyl (C=O) groups excluding carboxylic acids is 2. The second-order valence-electron chi connectivity index (χ2n) is 7.63. The van der Waals surface area contributed by atoms with Crippen LogP contribution in [0.3, 0.4) is 0 Å². The van der Waals surface area contributed by atoms with Crippen molar-refractivity contribution in [3.63, 3.8) is 0 Å². The minimum atomic E-state index is -0.538. The SMILES string of the molecule is Cc1cc(N=CC2C(=O)Nc3cc(F)ccc32)ccc1N1CCCC(C(N)=O)C1. The van der Waals surface area contributed by atoms with E-state index in [4.69, 9.17) is 5.73 Å². The molecule has 6 nitrogen and oxygen atoms in total. The highest BCUT2D eigenvalue weighted by atomic mass is 19.1. The highest BCUT2D eigenvalue weighted by molar-refractivity contribution is 6.12. The molecule has 2 aromatic carbocycles. The van der Waals surface area contributed by atoms with Gasteiger partial charge in [0, 0.05) is 30.7 Å². The molecule has 4 rings (SSSR count). The molecular formula is C22H23FN4O2. The lowest BCUT2D eigenvalue weighted by molar-refractivity contribution is -0.122. The van der Waals surface area contributed by atoms with Gasteiger partial charge in [0.2, 0.25) is 11.8 Å². The van der Waals surface area contributed by atoms with Crippen LogP contribution in [-0.2, 0) is 9.59 Å². The maximum atomic E-state index is 13.4. The van der Waals surface area contributed by atoms with Crippen molar-refractivity contribution < 1.29 is 14.0 Å². The van der Waals surface area contributed by atoms with Gasteiger partial charge in [-0.3, -0.25) is 14.6 Å². The lowest BCUT2D eigenvalue weighted by Crippen LogP contribution is -2.41. The number of aryl methyl sites for hydroxylation is 1. The fourth-order valence-electron chi connectivity index (χ4n) is 4.07. The second-order valence-corrected chi connectivity index (χ2v) is 7.63. The number of primary amides is 1. The first kappa shape index (κ1) is 19.1. The molecule has 1 fully saturated rings. The lowest BCUT2D eigenvalue weighted by Gasteiger charge is -2.34. The van der Waals surface area contributed by atoms with Gasteiger partial charge in [0.05, 0.1) is 11.6 Å². The van der Waals surface area contributed by atoms with Gasteiger partial charge >= 0.3 is 0 Å². The Balaban J connectivity index is 1.52. The molecule has 0 saturated carbocycles. The number of rotatable bonds is 4. The van der Waals surface area contributed by atoms with E-state index in [2.05, 4.69) is 15.2 Å². The van der Waals surface area contributed by atoms with Crippen LogP contribution in [0.1, 0.15) is 29.9 Å². The Kier molecular flexibility index (Phi) is 5.05. The number of halogens is 1. The quantitative estimate of drug-likeness (QED) is 0.780. The third kappa shape index (κ3) is 3.85. The molecule has 0 aliphatic carbocycles. The van der Waals surface area contributed by atoms with Crippen molar-refractivity contribution >= 4 is 35.1 Å². The average Bonchev–Trinajstić information content (AvgIpc) is 3.00. The number of anilines is 2. The molecule has 2 unspecified atom stereocenters. The Hall–Kier alpha value is -3.22. The fraction of sp³-hybridized carbons (Fsp3) is 0.318. The van der Waals surface area contributed by atoms with E-state index in [-0.39, 0.29) is 23.5 Å². The van der Waals surface area contributed by atoms with Crippen LogP contribution in [-0.4, -0.2) is 31.1 Å². The van der Waals surface area contributed by atoms with Gasteiger partial charge in [-0.25, -0.2) is 4.39 Å². The van der Waals surface area contributed by atoms with Gasteiger partial charge < -0.3 is 16.0 Å². The van der Waals surface area contributed by atoms with Crippen molar-refractivity contribution in [3.8, 4) is 0 Å². The Morgan fingerprint density at radius 2 is 2.14 bits per heavy atom. The summed E-state index contributed by atoms with van der Waals surface area (Å²) in [5, 5.41) is 2.69. The number of aliphatic imine (C=N–C) groups is 1. The molecule has 2 heterocycles. The summed E-state index contributed by atoms with van der Waals surface area (Å²) in [6.45, 7) is 3.53. The van der Waals surface area contributed by atoms with Gasteiger partial charge in [-0.2, -0.15) is 0 Å². The van der Waals surface area contributed by atoms with E-state index in [1.807, 2.05) is 25.1 Å². The molecular weight excluding hydrogens is 371 g/mol. The molecule has 3 N–H and O–H groups in total. The second kappa shape index (κ2) is 7.66. The van der Waals surface area contributed by atoms with E-state index in [0.717, 1.165) is 41.9 Å². The normalized spacial score (nSPS) is 21.3.